The van der Waals surface area contributed by atoms with E-state index < -0.39 is 17.3 Å². The minimum atomic E-state index is -0.732. The molecule has 5 nitrogen and oxygen atoms in total. The van der Waals surface area contributed by atoms with Crippen LogP contribution in [-0.2, 0) is 20.7 Å². The quantitative estimate of drug-likeness (QED) is 0.279. The number of carbonyl (C=O) groups excluding carboxylic acids is 1. The molecule has 0 fully saturated rings. The highest BCUT2D eigenvalue weighted by Crippen LogP contribution is 2.32. The van der Waals surface area contributed by atoms with Crippen molar-refractivity contribution in [1.29, 1.82) is 0 Å². The summed E-state index contributed by atoms with van der Waals surface area (Å²) in [6.45, 7) is 15.0. The Morgan fingerprint density at radius 1 is 1.18 bits per heavy atom. The van der Waals surface area contributed by atoms with Crippen LogP contribution in [0.5, 0.6) is 0 Å². The molecule has 0 radical (unpaired) electrons. The first-order valence-electron chi connectivity index (χ1n) is 9.40. The molecule has 28 heavy (non-hydrogen) atoms. The Labute approximate surface area is 175 Å². The van der Waals surface area contributed by atoms with Crippen LogP contribution in [-0.4, -0.2) is 17.9 Å². The fraction of sp³-hybridized carbons (Fsp3) is 0.545. The highest BCUT2D eigenvalue weighted by Gasteiger charge is 2.30. The standard InChI is InChI=1S/C22H30BrNO4/c1-13-11-17-15(10-9-14(2)24(17)26)19(23)16(13)12-18(28-22(6,7)8)27-20(25)21(3,4)5/h9-11,18H,12H2,1-8H3. The van der Waals surface area contributed by atoms with E-state index in [4.69, 9.17) is 9.47 Å². The van der Waals surface area contributed by atoms with Gasteiger partial charge in [-0.15, -0.1) is 0 Å². The molecule has 6 heteroatoms. The SMILES string of the molecule is Cc1cc2c(ccc(C)[n+]2[O-])c(Br)c1CC(OC(=O)C(C)(C)C)OC(C)(C)C. The summed E-state index contributed by atoms with van der Waals surface area (Å²) < 4.78 is 13.5. The summed E-state index contributed by atoms with van der Waals surface area (Å²) in [6.07, 6.45) is -0.349. The molecule has 0 aliphatic carbocycles. The monoisotopic (exact) mass is 451 g/mol. The normalized spacial score (nSPS) is 13.6. The van der Waals surface area contributed by atoms with Gasteiger partial charge < -0.3 is 14.7 Å². The number of benzene rings is 1. The second-order valence-corrected chi connectivity index (χ2v) is 10.0. The second kappa shape index (κ2) is 7.99. The lowest BCUT2D eigenvalue weighted by atomic mass is 9.97. The molecule has 0 saturated heterocycles. The first kappa shape index (κ1) is 22.6. The van der Waals surface area contributed by atoms with Gasteiger partial charge in [-0.1, -0.05) is 0 Å². The first-order chi connectivity index (χ1) is 12.7. The number of nitrogens with zero attached hydrogens (tertiary/aromatic N) is 1. The number of esters is 1. The van der Waals surface area contributed by atoms with Crippen molar-refractivity contribution in [3.05, 3.63) is 44.7 Å². The number of carbonyl (C=O) groups is 1. The largest absolute Gasteiger partial charge is 0.618 e. The summed E-state index contributed by atoms with van der Waals surface area (Å²) in [4.78, 5) is 12.5. The number of hydrogen-bond acceptors (Lipinski definition) is 4. The Kier molecular flexibility index (Phi) is 6.46. The van der Waals surface area contributed by atoms with Crippen molar-refractivity contribution in [3.8, 4) is 0 Å². The van der Waals surface area contributed by atoms with Crippen LogP contribution in [0.2, 0.25) is 0 Å². The van der Waals surface area contributed by atoms with Crippen molar-refractivity contribution >= 4 is 32.8 Å². The smallest absolute Gasteiger partial charge is 0.313 e. The number of halogens is 1. The topological polar surface area (TPSA) is 62.5 Å². The molecule has 1 aromatic heterocycles. The lowest BCUT2D eigenvalue weighted by Gasteiger charge is -2.30. The van der Waals surface area contributed by atoms with Gasteiger partial charge in [-0.05, 0) is 81.6 Å². The Morgan fingerprint density at radius 3 is 2.32 bits per heavy atom. The number of rotatable bonds is 4. The van der Waals surface area contributed by atoms with E-state index in [1.165, 1.54) is 0 Å². The van der Waals surface area contributed by atoms with Crippen molar-refractivity contribution in [1.82, 2.24) is 0 Å². The highest BCUT2D eigenvalue weighted by atomic mass is 79.9. The highest BCUT2D eigenvalue weighted by molar-refractivity contribution is 9.10. The molecule has 0 bridgehead atoms. The van der Waals surface area contributed by atoms with Crippen molar-refractivity contribution in [2.75, 3.05) is 0 Å². The maximum Gasteiger partial charge on any atom is 0.313 e. The average molecular weight is 452 g/mol. The van der Waals surface area contributed by atoms with Gasteiger partial charge in [-0.3, -0.25) is 4.79 Å². The summed E-state index contributed by atoms with van der Waals surface area (Å²) in [5, 5.41) is 13.2. The molecule has 0 amide bonds. The summed E-state index contributed by atoms with van der Waals surface area (Å²) in [5.41, 5.74) is 2.03. The average Bonchev–Trinajstić information content (AvgIpc) is 2.52. The predicted molar refractivity (Wildman–Crippen MR) is 114 cm³/mol. The molecule has 0 spiro atoms. The molecular weight excluding hydrogens is 422 g/mol. The minimum Gasteiger partial charge on any atom is -0.618 e. The zero-order valence-electron chi connectivity index (χ0n) is 18.0. The Balaban J connectivity index is 2.47. The van der Waals surface area contributed by atoms with E-state index >= 15 is 0 Å². The van der Waals surface area contributed by atoms with Gasteiger partial charge in [0.1, 0.15) is 0 Å². The zero-order chi connectivity index (χ0) is 21.4. The molecular formula is C22H30BrNO4. The molecule has 1 atom stereocenters. The van der Waals surface area contributed by atoms with Crippen LogP contribution in [0.25, 0.3) is 10.9 Å². The molecule has 2 aromatic rings. The third kappa shape index (κ3) is 5.23. The molecule has 0 aliphatic rings. The van der Waals surface area contributed by atoms with Crippen LogP contribution in [0, 0.1) is 24.5 Å². The van der Waals surface area contributed by atoms with Gasteiger partial charge in [0.25, 0.3) is 0 Å². The van der Waals surface area contributed by atoms with Crippen LogP contribution in [0.1, 0.15) is 58.4 Å². The van der Waals surface area contributed by atoms with Crippen LogP contribution < -0.4 is 4.73 Å². The fourth-order valence-electron chi connectivity index (χ4n) is 2.82. The van der Waals surface area contributed by atoms with E-state index in [9.17, 15) is 10.0 Å². The molecule has 0 aliphatic heterocycles. The van der Waals surface area contributed by atoms with Gasteiger partial charge in [0.05, 0.1) is 16.4 Å². The second-order valence-electron chi connectivity index (χ2n) is 9.21. The summed E-state index contributed by atoms with van der Waals surface area (Å²) >= 11 is 3.66. The molecule has 1 unspecified atom stereocenters. The van der Waals surface area contributed by atoms with Crippen molar-refractivity contribution in [2.45, 2.75) is 73.7 Å². The van der Waals surface area contributed by atoms with E-state index in [1.54, 1.807) is 13.0 Å². The maximum atomic E-state index is 12.5. The van der Waals surface area contributed by atoms with Gasteiger partial charge in [0.2, 0.25) is 11.8 Å². The lowest BCUT2D eigenvalue weighted by Crippen LogP contribution is -2.36. The number of pyridine rings is 1. The zero-order valence-corrected chi connectivity index (χ0v) is 19.6. The van der Waals surface area contributed by atoms with Crippen LogP contribution in [0.4, 0.5) is 0 Å². The molecule has 2 rings (SSSR count). The molecule has 1 aromatic carbocycles. The van der Waals surface area contributed by atoms with E-state index in [-0.39, 0.29) is 5.97 Å². The number of ether oxygens (including phenoxy) is 2. The third-order valence-electron chi connectivity index (χ3n) is 4.34. The molecule has 1 heterocycles. The predicted octanol–water partition coefficient (Wildman–Crippen LogP) is 5.13. The van der Waals surface area contributed by atoms with Gasteiger partial charge in [0, 0.05) is 30.0 Å². The Morgan fingerprint density at radius 2 is 1.79 bits per heavy atom. The maximum absolute atomic E-state index is 12.5. The summed E-state index contributed by atoms with van der Waals surface area (Å²) in [5.74, 6) is -0.315. The van der Waals surface area contributed by atoms with E-state index in [0.717, 1.165) is 25.7 Å². The lowest BCUT2D eigenvalue weighted by molar-refractivity contribution is -0.584. The van der Waals surface area contributed by atoms with Crippen molar-refractivity contribution in [3.63, 3.8) is 0 Å². The van der Waals surface area contributed by atoms with Crippen LogP contribution in [0.15, 0.2) is 22.7 Å². The summed E-state index contributed by atoms with van der Waals surface area (Å²) in [7, 11) is 0. The van der Waals surface area contributed by atoms with Crippen LogP contribution >= 0.6 is 15.9 Å². The van der Waals surface area contributed by atoms with Crippen molar-refractivity contribution in [2.24, 2.45) is 5.41 Å². The molecule has 0 N–H and O–H groups in total. The van der Waals surface area contributed by atoms with E-state index in [0.29, 0.717) is 17.6 Å². The van der Waals surface area contributed by atoms with Gasteiger partial charge in [0.15, 0.2) is 5.69 Å². The number of aromatic nitrogens is 1. The van der Waals surface area contributed by atoms with E-state index in [2.05, 4.69) is 15.9 Å². The van der Waals surface area contributed by atoms with Crippen molar-refractivity contribution < 1.29 is 19.0 Å². The third-order valence-corrected chi connectivity index (χ3v) is 5.25. The van der Waals surface area contributed by atoms with Gasteiger partial charge >= 0.3 is 5.97 Å². The van der Waals surface area contributed by atoms with Gasteiger partial charge in [-0.2, -0.15) is 4.73 Å². The number of hydrogen-bond donors (Lipinski definition) is 0. The Bertz CT molecular complexity index is 894. The van der Waals surface area contributed by atoms with Crippen LogP contribution in [0.3, 0.4) is 0 Å². The number of fused-ring (bicyclic) bond motifs is 1. The fourth-order valence-corrected chi connectivity index (χ4v) is 3.63. The first-order valence-corrected chi connectivity index (χ1v) is 10.2. The molecule has 0 saturated carbocycles. The van der Waals surface area contributed by atoms with E-state index in [1.807, 2.05) is 60.6 Å². The minimum absolute atomic E-state index is 0.315. The van der Waals surface area contributed by atoms with Gasteiger partial charge in [-0.25, -0.2) is 0 Å². The summed E-state index contributed by atoms with van der Waals surface area (Å²) in [6, 6.07) is 5.59. The molecule has 154 valence electrons. The number of aryl methyl sites for hydroxylation is 2. The Hall–Kier alpha value is -1.66.